The Labute approximate surface area is 166 Å². The summed E-state index contributed by atoms with van der Waals surface area (Å²) in [4.78, 5) is 22.4. The van der Waals surface area contributed by atoms with Crippen LogP contribution < -0.4 is 5.32 Å². The maximum absolute atomic E-state index is 12.1. The lowest BCUT2D eigenvalue weighted by Gasteiger charge is -2.15. The van der Waals surface area contributed by atoms with Gasteiger partial charge in [0.1, 0.15) is 0 Å². The second kappa shape index (κ2) is 8.05. The molecule has 1 N–H and O–H groups in total. The molecule has 4 rings (SSSR count). The monoisotopic (exact) mass is 390 g/mol. The number of benzene rings is 2. The molecule has 0 atom stereocenters. The number of non-ortho nitro benzene ring substituents is 1. The maximum Gasteiger partial charge on any atom is 0.322 e. The summed E-state index contributed by atoms with van der Waals surface area (Å²) in [5.41, 5.74) is 3.98. The van der Waals surface area contributed by atoms with Gasteiger partial charge in [-0.15, -0.1) is 5.10 Å². The predicted octanol–water partition coefficient (Wildman–Crippen LogP) is 4.18. The molecule has 146 valence electrons. The first-order valence-corrected chi connectivity index (χ1v) is 9.28. The summed E-state index contributed by atoms with van der Waals surface area (Å²) in [6, 6.07) is 12.1. The summed E-state index contributed by atoms with van der Waals surface area (Å²) in [6.07, 6.45) is 7.26. The fourth-order valence-electron chi connectivity index (χ4n) is 3.32. The van der Waals surface area contributed by atoms with E-state index in [0.29, 0.717) is 11.5 Å². The normalized spacial score (nSPS) is 13.2. The maximum atomic E-state index is 12.1. The minimum atomic E-state index is -0.488. The average Bonchev–Trinajstić information content (AvgIpc) is 3.20. The van der Waals surface area contributed by atoms with Crippen LogP contribution in [0.5, 0.6) is 0 Å². The lowest BCUT2D eigenvalue weighted by Crippen LogP contribution is -2.07. The van der Waals surface area contributed by atoms with E-state index in [9.17, 15) is 14.9 Å². The number of amides is 1. The SMILES string of the molecule is O=C(C=Cc1cccc([N+](=O)[O-])c1)Nc1nnc(-c2ccc3c(c2)CCCC3)o1. The van der Waals surface area contributed by atoms with Crippen molar-refractivity contribution in [1.82, 2.24) is 10.2 Å². The number of nitrogens with zero attached hydrogens (tertiary/aromatic N) is 3. The Morgan fingerprint density at radius 3 is 2.76 bits per heavy atom. The van der Waals surface area contributed by atoms with Crippen LogP contribution in [0.3, 0.4) is 0 Å². The Morgan fingerprint density at radius 1 is 1.10 bits per heavy atom. The fourth-order valence-corrected chi connectivity index (χ4v) is 3.32. The molecule has 8 heteroatoms. The van der Waals surface area contributed by atoms with Crippen molar-refractivity contribution < 1.29 is 14.1 Å². The molecular weight excluding hydrogens is 372 g/mol. The summed E-state index contributed by atoms with van der Waals surface area (Å²) in [6.45, 7) is 0. The zero-order valence-corrected chi connectivity index (χ0v) is 15.5. The molecule has 0 radical (unpaired) electrons. The highest BCUT2D eigenvalue weighted by Crippen LogP contribution is 2.27. The van der Waals surface area contributed by atoms with Crippen LogP contribution in [0.1, 0.15) is 29.5 Å². The van der Waals surface area contributed by atoms with Crippen molar-refractivity contribution in [3.05, 3.63) is 75.3 Å². The third-order valence-corrected chi connectivity index (χ3v) is 4.76. The number of aromatic nitrogens is 2. The molecule has 2 aromatic carbocycles. The number of hydrogen-bond donors (Lipinski definition) is 1. The topological polar surface area (TPSA) is 111 Å². The molecule has 1 heterocycles. The van der Waals surface area contributed by atoms with Crippen LogP contribution in [0.15, 0.2) is 53.0 Å². The van der Waals surface area contributed by atoms with Gasteiger partial charge in [-0.05, 0) is 60.6 Å². The molecular formula is C21H18N4O4. The van der Waals surface area contributed by atoms with Gasteiger partial charge in [-0.25, -0.2) is 0 Å². The molecule has 0 saturated heterocycles. The summed E-state index contributed by atoms with van der Waals surface area (Å²) in [7, 11) is 0. The molecule has 0 bridgehead atoms. The molecule has 0 aliphatic heterocycles. The van der Waals surface area contributed by atoms with Crippen LogP contribution in [0, 0.1) is 10.1 Å². The molecule has 0 saturated carbocycles. The highest BCUT2D eigenvalue weighted by atomic mass is 16.6. The summed E-state index contributed by atoms with van der Waals surface area (Å²) in [5.74, 6) is -0.131. The number of nitrogens with one attached hydrogen (secondary N) is 1. The van der Waals surface area contributed by atoms with E-state index in [1.165, 1.54) is 48.3 Å². The van der Waals surface area contributed by atoms with Gasteiger partial charge in [0.05, 0.1) is 4.92 Å². The molecule has 0 spiro atoms. The number of anilines is 1. The number of rotatable bonds is 5. The van der Waals surface area contributed by atoms with Crippen molar-refractivity contribution in [2.24, 2.45) is 0 Å². The van der Waals surface area contributed by atoms with Gasteiger partial charge in [0, 0.05) is 23.8 Å². The second-order valence-corrected chi connectivity index (χ2v) is 6.78. The third-order valence-electron chi connectivity index (χ3n) is 4.76. The summed E-state index contributed by atoms with van der Waals surface area (Å²) >= 11 is 0. The smallest absolute Gasteiger partial charge is 0.322 e. The number of carbonyl (C=O) groups is 1. The number of fused-ring (bicyclic) bond motifs is 1. The molecule has 3 aromatic rings. The van der Waals surface area contributed by atoms with Gasteiger partial charge in [0.15, 0.2) is 0 Å². The van der Waals surface area contributed by atoms with Crippen LogP contribution >= 0.6 is 0 Å². The van der Waals surface area contributed by atoms with Crippen LogP contribution in [0.2, 0.25) is 0 Å². The summed E-state index contributed by atoms with van der Waals surface area (Å²) < 4.78 is 5.56. The standard InChI is InChI=1S/C21H18N4O4/c26-19(11-8-14-4-3-7-18(12-14)25(27)28)22-21-24-23-20(29-21)17-10-9-15-5-1-2-6-16(15)13-17/h3-4,7-13H,1-2,5-6H2,(H,22,24,26). The first-order valence-electron chi connectivity index (χ1n) is 9.28. The molecule has 0 fully saturated rings. The molecule has 8 nitrogen and oxygen atoms in total. The van der Waals surface area contributed by atoms with Crippen molar-refractivity contribution in [2.45, 2.75) is 25.7 Å². The quantitative estimate of drug-likeness (QED) is 0.397. The number of carbonyl (C=O) groups excluding carboxylic acids is 1. The largest absolute Gasteiger partial charge is 0.403 e. The van der Waals surface area contributed by atoms with E-state index in [1.54, 1.807) is 12.1 Å². The van der Waals surface area contributed by atoms with E-state index < -0.39 is 10.8 Å². The van der Waals surface area contributed by atoms with Gasteiger partial charge < -0.3 is 4.42 Å². The summed E-state index contributed by atoms with van der Waals surface area (Å²) in [5, 5.41) is 21.2. The Morgan fingerprint density at radius 2 is 1.93 bits per heavy atom. The second-order valence-electron chi connectivity index (χ2n) is 6.78. The highest BCUT2D eigenvalue weighted by molar-refractivity contribution is 6.00. The molecule has 0 unspecified atom stereocenters. The van der Waals surface area contributed by atoms with Gasteiger partial charge in [0.2, 0.25) is 5.89 Å². The van der Waals surface area contributed by atoms with Crippen LogP contribution in [-0.2, 0) is 17.6 Å². The Kier molecular flexibility index (Phi) is 5.15. The third kappa shape index (κ3) is 4.37. The lowest BCUT2D eigenvalue weighted by atomic mass is 9.90. The van der Waals surface area contributed by atoms with Gasteiger partial charge in [-0.3, -0.25) is 20.2 Å². The Bertz CT molecular complexity index is 1100. The van der Waals surface area contributed by atoms with Crippen molar-refractivity contribution in [1.29, 1.82) is 0 Å². The van der Waals surface area contributed by atoms with Gasteiger partial charge in [-0.1, -0.05) is 23.3 Å². The van der Waals surface area contributed by atoms with Gasteiger partial charge in [0.25, 0.3) is 11.6 Å². The van der Waals surface area contributed by atoms with Crippen LogP contribution in [-0.4, -0.2) is 21.0 Å². The van der Waals surface area contributed by atoms with Gasteiger partial charge in [-0.2, -0.15) is 0 Å². The molecule has 1 aliphatic carbocycles. The van der Waals surface area contributed by atoms with Crippen molar-refractivity contribution in [3.8, 4) is 11.5 Å². The highest BCUT2D eigenvalue weighted by Gasteiger charge is 2.14. The zero-order chi connectivity index (χ0) is 20.2. The predicted molar refractivity (Wildman–Crippen MR) is 107 cm³/mol. The molecule has 1 amide bonds. The van der Waals surface area contributed by atoms with Crippen molar-refractivity contribution in [2.75, 3.05) is 5.32 Å². The van der Waals surface area contributed by atoms with E-state index in [0.717, 1.165) is 18.4 Å². The Hall–Kier alpha value is -3.81. The number of nitro groups is 1. The minimum absolute atomic E-state index is 0.00795. The first kappa shape index (κ1) is 18.5. The molecule has 1 aliphatic rings. The number of nitro benzene ring substituents is 1. The number of hydrogen-bond acceptors (Lipinski definition) is 6. The Balaban J connectivity index is 1.43. The van der Waals surface area contributed by atoms with Crippen LogP contribution in [0.4, 0.5) is 11.7 Å². The van der Waals surface area contributed by atoms with E-state index in [2.05, 4.69) is 27.6 Å². The minimum Gasteiger partial charge on any atom is -0.403 e. The van der Waals surface area contributed by atoms with E-state index >= 15 is 0 Å². The first-order chi connectivity index (χ1) is 14.1. The molecule has 1 aromatic heterocycles. The van der Waals surface area contributed by atoms with Gasteiger partial charge >= 0.3 is 6.01 Å². The molecule has 29 heavy (non-hydrogen) atoms. The lowest BCUT2D eigenvalue weighted by molar-refractivity contribution is -0.384. The number of aryl methyl sites for hydroxylation is 2. The zero-order valence-electron chi connectivity index (χ0n) is 15.5. The van der Waals surface area contributed by atoms with Crippen molar-refractivity contribution >= 4 is 23.7 Å². The van der Waals surface area contributed by atoms with Crippen molar-refractivity contribution in [3.63, 3.8) is 0 Å². The fraction of sp³-hybridized carbons (Fsp3) is 0.190. The average molecular weight is 390 g/mol. The van der Waals surface area contributed by atoms with Crippen LogP contribution in [0.25, 0.3) is 17.5 Å². The van der Waals surface area contributed by atoms with E-state index in [4.69, 9.17) is 4.42 Å². The van der Waals surface area contributed by atoms with E-state index in [1.807, 2.05) is 6.07 Å². The van der Waals surface area contributed by atoms with E-state index in [-0.39, 0.29) is 11.7 Å².